The molecule has 1 saturated heterocycles. The quantitative estimate of drug-likeness (QED) is 0.162. The number of nitrogens with zero attached hydrogens (tertiary/aromatic N) is 8. The summed E-state index contributed by atoms with van der Waals surface area (Å²) in [5.41, 5.74) is 1.41. The number of halogens is 2. The second-order valence-electron chi connectivity index (χ2n) is 10.5. The van der Waals surface area contributed by atoms with Gasteiger partial charge >= 0.3 is 0 Å². The van der Waals surface area contributed by atoms with E-state index in [0.717, 1.165) is 56.5 Å². The minimum absolute atomic E-state index is 0.338. The van der Waals surface area contributed by atoms with Crippen molar-refractivity contribution in [1.29, 1.82) is 0 Å². The third kappa shape index (κ3) is 8.11. The van der Waals surface area contributed by atoms with E-state index in [4.69, 9.17) is 14.8 Å². The molecule has 44 heavy (non-hydrogen) atoms. The minimum atomic E-state index is -0.340. The maximum absolute atomic E-state index is 13.7. The number of aromatic nitrogens is 5. The van der Waals surface area contributed by atoms with Crippen LogP contribution in [-0.4, -0.2) is 102 Å². The van der Waals surface area contributed by atoms with E-state index in [-0.39, 0.29) is 11.6 Å². The first-order valence-electron chi connectivity index (χ1n) is 14.7. The highest BCUT2D eigenvalue weighted by atomic mass is 19.1. The van der Waals surface area contributed by atoms with Crippen LogP contribution in [0.1, 0.15) is 6.42 Å². The predicted molar refractivity (Wildman–Crippen MR) is 164 cm³/mol. The highest BCUT2D eigenvalue weighted by molar-refractivity contribution is 5.61. The van der Waals surface area contributed by atoms with E-state index in [1.165, 1.54) is 24.3 Å². The van der Waals surface area contributed by atoms with E-state index in [9.17, 15) is 13.6 Å². The number of nitrogens with one attached hydrogen (secondary N) is 1. The molecule has 5 rings (SSSR count). The van der Waals surface area contributed by atoms with Crippen molar-refractivity contribution < 1.29 is 18.3 Å². The zero-order valence-electron chi connectivity index (χ0n) is 24.8. The molecular formula is C31H37F2N9O2. The Morgan fingerprint density at radius 1 is 0.932 bits per heavy atom. The van der Waals surface area contributed by atoms with Crippen molar-refractivity contribution in [2.24, 2.45) is 0 Å². The summed E-state index contributed by atoms with van der Waals surface area (Å²) >= 11 is 0. The van der Waals surface area contributed by atoms with Gasteiger partial charge in [-0.25, -0.2) is 28.4 Å². The molecule has 13 heteroatoms. The fraction of sp³-hybridized carbons (Fsp3) is 0.387. The first kappa shape index (κ1) is 31.0. The van der Waals surface area contributed by atoms with Crippen LogP contribution >= 0.6 is 0 Å². The highest BCUT2D eigenvalue weighted by Gasteiger charge is 2.20. The Hall–Kier alpha value is -4.49. The van der Waals surface area contributed by atoms with E-state index in [1.807, 2.05) is 6.07 Å². The zero-order chi connectivity index (χ0) is 30.7. The van der Waals surface area contributed by atoms with E-state index in [1.54, 1.807) is 42.4 Å². The van der Waals surface area contributed by atoms with E-state index in [2.05, 4.69) is 30.0 Å². The van der Waals surface area contributed by atoms with Crippen LogP contribution in [0.4, 0.5) is 20.4 Å². The normalized spacial score (nSPS) is 13.7. The summed E-state index contributed by atoms with van der Waals surface area (Å²) < 4.78 is 34.2. The van der Waals surface area contributed by atoms with Crippen molar-refractivity contribution >= 4 is 18.0 Å². The molecule has 1 aliphatic heterocycles. The van der Waals surface area contributed by atoms with Crippen molar-refractivity contribution in [2.75, 3.05) is 75.9 Å². The summed E-state index contributed by atoms with van der Waals surface area (Å²) in [6.45, 7) is 7.38. The van der Waals surface area contributed by atoms with Gasteiger partial charge in [0.15, 0.2) is 11.6 Å². The second kappa shape index (κ2) is 15.3. The summed E-state index contributed by atoms with van der Waals surface area (Å²) in [7, 11) is 1.72. The molecular weight excluding hydrogens is 568 g/mol. The van der Waals surface area contributed by atoms with Crippen LogP contribution in [0, 0.1) is 11.6 Å². The molecule has 2 aromatic heterocycles. The van der Waals surface area contributed by atoms with Gasteiger partial charge in [0.2, 0.25) is 6.41 Å². The van der Waals surface area contributed by atoms with Crippen LogP contribution in [0.3, 0.4) is 0 Å². The van der Waals surface area contributed by atoms with Crippen LogP contribution in [0.2, 0.25) is 0 Å². The number of carbonyl (C=O) groups excluding carboxylic acids is 1. The van der Waals surface area contributed by atoms with Crippen molar-refractivity contribution in [3.8, 4) is 22.8 Å². The number of benzene rings is 2. The molecule has 1 amide bonds. The molecule has 3 heterocycles. The van der Waals surface area contributed by atoms with E-state index >= 15 is 0 Å². The standard InChI is InChI=1S/C31H37F2N9O2/c1-44-20-19-39-15-17-41(18-16-39)29-21-28(35-22-36-29)40(14-11-34-23-43)12-2-13-42-31(25-5-9-27(33)10-6-25)37-30(38-42)24-3-7-26(32)8-4-24/h3-10,21-23H,2,11-20H2,1H3,(H,34,43). The van der Waals surface area contributed by atoms with Gasteiger partial charge in [-0.3, -0.25) is 9.69 Å². The Morgan fingerprint density at radius 3 is 2.32 bits per heavy atom. The van der Waals surface area contributed by atoms with Gasteiger partial charge in [0.25, 0.3) is 0 Å². The lowest BCUT2D eigenvalue weighted by Gasteiger charge is -2.35. The first-order valence-corrected chi connectivity index (χ1v) is 14.7. The number of hydrogen-bond donors (Lipinski definition) is 1. The molecule has 0 aliphatic carbocycles. The zero-order valence-corrected chi connectivity index (χ0v) is 24.8. The smallest absolute Gasteiger partial charge is 0.207 e. The van der Waals surface area contributed by atoms with Gasteiger partial charge in [-0.1, -0.05) is 0 Å². The van der Waals surface area contributed by atoms with Crippen LogP contribution < -0.4 is 15.1 Å². The number of anilines is 2. The molecule has 1 aliphatic rings. The van der Waals surface area contributed by atoms with E-state index < -0.39 is 0 Å². The maximum Gasteiger partial charge on any atom is 0.207 e. The molecule has 1 fully saturated rings. The summed E-state index contributed by atoms with van der Waals surface area (Å²) in [5, 5.41) is 7.46. The second-order valence-corrected chi connectivity index (χ2v) is 10.5. The summed E-state index contributed by atoms with van der Waals surface area (Å²) in [6.07, 6.45) is 2.95. The maximum atomic E-state index is 13.7. The van der Waals surface area contributed by atoms with Gasteiger partial charge in [-0.05, 0) is 55.0 Å². The Balaban J connectivity index is 1.30. The number of ether oxygens (including phenoxy) is 1. The number of hydrogen-bond acceptors (Lipinski definition) is 9. The number of methoxy groups -OCH3 is 1. The van der Waals surface area contributed by atoms with Crippen LogP contribution in [-0.2, 0) is 16.1 Å². The fourth-order valence-electron chi connectivity index (χ4n) is 5.15. The first-order chi connectivity index (χ1) is 21.5. The summed E-state index contributed by atoms with van der Waals surface area (Å²) in [6, 6.07) is 14.1. The Kier molecular flexibility index (Phi) is 10.8. The number of carbonyl (C=O) groups is 1. The number of rotatable bonds is 15. The average Bonchev–Trinajstić information content (AvgIpc) is 3.48. The molecule has 1 N–H and O–H groups in total. The van der Waals surface area contributed by atoms with Gasteiger partial charge in [0.1, 0.15) is 29.6 Å². The Morgan fingerprint density at radius 2 is 1.64 bits per heavy atom. The lowest BCUT2D eigenvalue weighted by molar-refractivity contribution is -0.109. The van der Waals surface area contributed by atoms with Crippen LogP contribution in [0.25, 0.3) is 22.8 Å². The molecule has 0 saturated carbocycles. The molecule has 0 atom stereocenters. The van der Waals surface area contributed by atoms with Crippen molar-refractivity contribution in [1.82, 2.24) is 34.9 Å². The van der Waals surface area contributed by atoms with Crippen molar-refractivity contribution in [3.63, 3.8) is 0 Å². The Bertz CT molecular complexity index is 1480. The molecule has 232 valence electrons. The van der Waals surface area contributed by atoms with Gasteiger partial charge in [-0.15, -0.1) is 0 Å². The molecule has 11 nitrogen and oxygen atoms in total. The molecule has 0 spiro atoms. The van der Waals surface area contributed by atoms with Crippen LogP contribution in [0.5, 0.6) is 0 Å². The largest absolute Gasteiger partial charge is 0.383 e. The topological polar surface area (TPSA) is 105 Å². The monoisotopic (exact) mass is 605 g/mol. The molecule has 0 radical (unpaired) electrons. The van der Waals surface area contributed by atoms with Gasteiger partial charge in [0, 0.05) is 83.2 Å². The lowest BCUT2D eigenvalue weighted by atomic mass is 10.2. The average molecular weight is 606 g/mol. The predicted octanol–water partition coefficient (Wildman–Crippen LogP) is 3.09. The SMILES string of the molecule is COCCN1CCN(c2cc(N(CCCn3nc(-c4ccc(F)cc4)nc3-c3ccc(F)cc3)CCNC=O)ncn2)CC1. The van der Waals surface area contributed by atoms with Crippen molar-refractivity contribution in [2.45, 2.75) is 13.0 Å². The molecule has 2 aromatic carbocycles. The molecule has 4 aromatic rings. The summed E-state index contributed by atoms with van der Waals surface area (Å²) in [4.78, 5) is 31.6. The van der Waals surface area contributed by atoms with Crippen molar-refractivity contribution in [3.05, 3.63) is 72.6 Å². The number of aryl methyl sites for hydroxylation is 1. The molecule has 0 unspecified atom stereocenters. The van der Waals surface area contributed by atoms with Crippen LogP contribution in [0.15, 0.2) is 60.9 Å². The third-order valence-electron chi connectivity index (χ3n) is 7.55. The minimum Gasteiger partial charge on any atom is -0.383 e. The van der Waals surface area contributed by atoms with Gasteiger partial charge < -0.3 is 19.9 Å². The highest BCUT2D eigenvalue weighted by Crippen LogP contribution is 2.24. The third-order valence-corrected chi connectivity index (χ3v) is 7.55. The summed E-state index contributed by atoms with van der Waals surface area (Å²) in [5.74, 6) is 2.01. The fourth-order valence-corrected chi connectivity index (χ4v) is 5.15. The van der Waals surface area contributed by atoms with Gasteiger partial charge in [-0.2, -0.15) is 5.10 Å². The van der Waals surface area contributed by atoms with E-state index in [0.29, 0.717) is 56.2 Å². The van der Waals surface area contributed by atoms with Gasteiger partial charge in [0.05, 0.1) is 6.61 Å². The lowest BCUT2D eigenvalue weighted by Crippen LogP contribution is -2.47. The number of amides is 1. The number of piperazine rings is 1. The Labute approximate surface area is 255 Å². The molecule has 0 bridgehead atoms.